The molecule has 3 rings (SSSR count). The van der Waals surface area contributed by atoms with Crippen LogP contribution in [0.15, 0.2) is 63.5 Å². The van der Waals surface area contributed by atoms with Crippen LogP contribution in [0, 0.1) is 10.1 Å². The highest BCUT2D eigenvalue weighted by Gasteiger charge is 2.11. The third kappa shape index (κ3) is 3.66. The number of aromatic nitrogens is 1. The highest BCUT2D eigenvalue weighted by Crippen LogP contribution is 2.35. The number of nitrogens with one attached hydrogen (secondary N) is 1. The Balaban J connectivity index is 1.78. The van der Waals surface area contributed by atoms with E-state index in [0.717, 1.165) is 15.0 Å². The predicted octanol–water partition coefficient (Wildman–Crippen LogP) is 4.93. The Labute approximate surface area is 150 Å². The Morgan fingerprint density at radius 3 is 2.62 bits per heavy atom. The van der Waals surface area contributed by atoms with Crippen LogP contribution in [0.4, 0.5) is 10.8 Å². The normalized spacial score (nSPS) is 10.9. The molecule has 0 spiro atoms. The van der Waals surface area contributed by atoms with Crippen LogP contribution in [-0.2, 0) is 0 Å². The number of rotatable bonds is 5. The molecule has 0 radical (unpaired) electrons. The van der Waals surface area contributed by atoms with Gasteiger partial charge in [-0.05, 0) is 22.0 Å². The summed E-state index contributed by atoms with van der Waals surface area (Å²) in [4.78, 5) is 15.0. The minimum Gasteiger partial charge on any atom is -0.258 e. The molecule has 0 saturated carbocycles. The topological polar surface area (TPSA) is 80.4 Å². The summed E-state index contributed by atoms with van der Waals surface area (Å²) < 4.78 is 0.886. The molecule has 120 valence electrons. The number of benzene rings is 2. The lowest BCUT2D eigenvalue weighted by molar-refractivity contribution is -0.385. The third-order valence-corrected chi connectivity index (χ3v) is 4.74. The highest BCUT2D eigenvalue weighted by atomic mass is 79.9. The summed E-state index contributed by atoms with van der Waals surface area (Å²) in [5, 5.41) is 15.6. The van der Waals surface area contributed by atoms with Gasteiger partial charge in [0.15, 0.2) is 0 Å². The first kappa shape index (κ1) is 16.3. The zero-order valence-electron chi connectivity index (χ0n) is 12.2. The number of nitro benzene ring substituents is 1. The lowest BCUT2D eigenvalue weighted by Crippen LogP contribution is -1.96. The van der Waals surface area contributed by atoms with Gasteiger partial charge in [0.2, 0.25) is 5.13 Å². The van der Waals surface area contributed by atoms with E-state index in [4.69, 9.17) is 0 Å². The number of para-hydroxylation sites is 1. The second-order valence-electron chi connectivity index (χ2n) is 4.69. The first-order valence-electron chi connectivity index (χ1n) is 6.89. The standard InChI is InChI=1S/C16H11BrN4O2S/c17-15-14(11-6-2-1-3-7-11)19-16(24-15)20-18-10-12-8-4-5-9-13(12)21(22)23/h1-10H,(H,19,20)/b18-10+. The molecule has 0 aliphatic carbocycles. The predicted molar refractivity (Wildman–Crippen MR) is 99.6 cm³/mol. The van der Waals surface area contributed by atoms with Crippen LogP contribution >= 0.6 is 27.3 Å². The summed E-state index contributed by atoms with van der Waals surface area (Å²) in [6.45, 7) is 0. The van der Waals surface area contributed by atoms with E-state index in [1.54, 1.807) is 18.2 Å². The van der Waals surface area contributed by atoms with Crippen molar-refractivity contribution < 1.29 is 4.92 Å². The highest BCUT2D eigenvalue weighted by molar-refractivity contribution is 9.11. The number of nitro groups is 1. The molecule has 0 aliphatic heterocycles. The van der Waals surface area contributed by atoms with Gasteiger partial charge in [0.25, 0.3) is 5.69 Å². The molecule has 1 heterocycles. The number of thiazole rings is 1. The van der Waals surface area contributed by atoms with E-state index in [1.165, 1.54) is 23.6 Å². The molecule has 0 amide bonds. The Bertz CT molecular complexity index is 896. The van der Waals surface area contributed by atoms with Crippen molar-refractivity contribution in [2.24, 2.45) is 5.10 Å². The zero-order chi connectivity index (χ0) is 16.9. The van der Waals surface area contributed by atoms with E-state index in [2.05, 4.69) is 31.4 Å². The fraction of sp³-hybridized carbons (Fsp3) is 0. The molecular weight excluding hydrogens is 392 g/mol. The molecule has 1 aromatic heterocycles. The van der Waals surface area contributed by atoms with Crippen molar-refractivity contribution in [2.45, 2.75) is 0 Å². The molecule has 0 aliphatic rings. The maximum absolute atomic E-state index is 11.0. The van der Waals surface area contributed by atoms with Gasteiger partial charge in [-0.15, -0.1) is 0 Å². The number of hydrogen-bond donors (Lipinski definition) is 1. The van der Waals surface area contributed by atoms with E-state index in [-0.39, 0.29) is 5.69 Å². The lowest BCUT2D eigenvalue weighted by atomic mass is 10.2. The summed E-state index contributed by atoms with van der Waals surface area (Å²) in [5.41, 5.74) is 5.07. The van der Waals surface area contributed by atoms with Crippen LogP contribution in [-0.4, -0.2) is 16.1 Å². The minimum atomic E-state index is -0.436. The summed E-state index contributed by atoms with van der Waals surface area (Å²) in [5.74, 6) is 0. The molecule has 0 atom stereocenters. The van der Waals surface area contributed by atoms with Gasteiger partial charge in [-0.1, -0.05) is 53.8 Å². The SMILES string of the molecule is O=[N+]([O-])c1ccccc1/C=N/Nc1nc(-c2ccccc2)c(Br)s1. The van der Waals surface area contributed by atoms with E-state index in [9.17, 15) is 10.1 Å². The second kappa shape index (κ2) is 7.33. The number of hydrazone groups is 1. The van der Waals surface area contributed by atoms with E-state index >= 15 is 0 Å². The quantitative estimate of drug-likeness (QED) is 0.372. The number of anilines is 1. The van der Waals surface area contributed by atoms with Crippen molar-refractivity contribution in [1.29, 1.82) is 0 Å². The monoisotopic (exact) mass is 402 g/mol. The van der Waals surface area contributed by atoms with Gasteiger partial charge in [-0.2, -0.15) is 5.10 Å². The van der Waals surface area contributed by atoms with E-state index < -0.39 is 4.92 Å². The van der Waals surface area contributed by atoms with Gasteiger partial charge < -0.3 is 0 Å². The van der Waals surface area contributed by atoms with Crippen LogP contribution in [0.25, 0.3) is 11.3 Å². The van der Waals surface area contributed by atoms with E-state index in [1.807, 2.05) is 30.3 Å². The average Bonchev–Trinajstić information content (AvgIpc) is 2.97. The van der Waals surface area contributed by atoms with Gasteiger partial charge in [0.1, 0.15) is 0 Å². The van der Waals surface area contributed by atoms with Crippen LogP contribution in [0.1, 0.15) is 5.56 Å². The Morgan fingerprint density at radius 1 is 1.17 bits per heavy atom. The maximum Gasteiger partial charge on any atom is 0.278 e. The van der Waals surface area contributed by atoms with Crippen molar-refractivity contribution in [3.05, 3.63) is 74.1 Å². The number of halogens is 1. The minimum absolute atomic E-state index is 0.00773. The van der Waals surface area contributed by atoms with Gasteiger partial charge in [-0.3, -0.25) is 15.5 Å². The molecule has 8 heteroatoms. The molecule has 0 bridgehead atoms. The molecule has 3 aromatic rings. The maximum atomic E-state index is 11.0. The van der Waals surface area contributed by atoms with Crippen LogP contribution in [0.2, 0.25) is 0 Å². The van der Waals surface area contributed by atoms with Crippen LogP contribution < -0.4 is 5.43 Å². The van der Waals surface area contributed by atoms with Crippen LogP contribution in [0.3, 0.4) is 0 Å². The Hall–Kier alpha value is -2.58. The van der Waals surface area contributed by atoms with E-state index in [0.29, 0.717) is 10.7 Å². The number of hydrogen-bond acceptors (Lipinski definition) is 6. The van der Waals surface area contributed by atoms with Gasteiger partial charge in [0, 0.05) is 11.6 Å². The zero-order valence-corrected chi connectivity index (χ0v) is 14.6. The van der Waals surface area contributed by atoms with Crippen molar-refractivity contribution in [3.63, 3.8) is 0 Å². The van der Waals surface area contributed by atoms with Crippen molar-refractivity contribution in [3.8, 4) is 11.3 Å². The molecule has 24 heavy (non-hydrogen) atoms. The smallest absolute Gasteiger partial charge is 0.258 e. The van der Waals surface area contributed by atoms with Crippen molar-refractivity contribution in [1.82, 2.24) is 4.98 Å². The molecular formula is C16H11BrN4O2S. The molecule has 2 aromatic carbocycles. The summed E-state index contributed by atoms with van der Waals surface area (Å²) in [7, 11) is 0. The van der Waals surface area contributed by atoms with Crippen molar-refractivity contribution in [2.75, 3.05) is 5.43 Å². The van der Waals surface area contributed by atoms with Gasteiger partial charge >= 0.3 is 0 Å². The first-order chi connectivity index (χ1) is 11.6. The summed E-state index contributed by atoms with van der Waals surface area (Å²) in [6.07, 6.45) is 1.41. The first-order valence-corrected chi connectivity index (χ1v) is 8.50. The molecule has 1 N–H and O–H groups in total. The second-order valence-corrected chi connectivity index (χ2v) is 7.01. The van der Waals surface area contributed by atoms with Gasteiger partial charge in [0.05, 0.1) is 26.2 Å². The fourth-order valence-corrected chi connectivity index (χ4v) is 3.49. The largest absolute Gasteiger partial charge is 0.278 e. The molecule has 0 fully saturated rings. The molecule has 0 unspecified atom stereocenters. The Kier molecular flexibility index (Phi) is 4.97. The van der Waals surface area contributed by atoms with Crippen LogP contribution in [0.5, 0.6) is 0 Å². The third-order valence-electron chi connectivity index (χ3n) is 3.13. The summed E-state index contributed by atoms with van der Waals surface area (Å²) in [6, 6.07) is 16.2. The molecule has 0 saturated heterocycles. The van der Waals surface area contributed by atoms with Crippen molar-refractivity contribution >= 4 is 44.3 Å². The average molecular weight is 403 g/mol. The van der Waals surface area contributed by atoms with Gasteiger partial charge in [-0.25, -0.2) is 4.98 Å². The fourth-order valence-electron chi connectivity index (χ4n) is 2.04. The Morgan fingerprint density at radius 2 is 1.88 bits per heavy atom. The summed E-state index contributed by atoms with van der Waals surface area (Å²) >= 11 is 4.90. The lowest BCUT2D eigenvalue weighted by Gasteiger charge is -1.97. The molecule has 6 nitrogen and oxygen atoms in total. The number of nitrogens with zero attached hydrogens (tertiary/aromatic N) is 3.